The second kappa shape index (κ2) is 6.24. The molecule has 0 unspecified atom stereocenters. The maximum Gasteiger partial charge on any atom is 0.226 e. The van der Waals surface area contributed by atoms with Crippen molar-refractivity contribution in [3.8, 4) is 0 Å². The molecule has 0 bridgehead atoms. The number of morpholine rings is 1. The highest BCUT2D eigenvalue weighted by Gasteiger charge is 2.16. The van der Waals surface area contributed by atoms with E-state index in [-0.39, 0.29) is 5.28 Å². The molecule has 0 atom stereocenters. The van der Waals surface area contributed by atoms with Gasteiger partial charge in [-0.05, 0) is 23.7 Å². The molecule has 6 nitrogen and oxygen atoms in total. The molecule has 110 valence electrons. The van der Waals surface area contributed by atoms with Crippen LogP contribution in [-0.2, 0) is 4.74 Å². The molecule has 0 radical (unpaired) electrons. The fraction of sp³-hybridized carbons (Fsp3) is 0.357. The summed E-state index contributed by atoms with van der Waals surface area (Å²) < 4.78 is 5.36. The minimum absolute atomic E-state index is 0.240. The van der Waals surface area contributed by atoms with Crippen molar-refractivity contribution >= 4 is 28.9 Å². The topological polar surface area (TPSA) is 54.4 Å². The van der Waals surface area contributed by atoms with E-state index >= 15 is 0 Å². The summed E-state index contributed by atoms with van der Waals surface area (Å²) in [6.45, 7) is 3.03. The van der Waals surface area contributed by atoms with E-state index in [1.54, 1.807) is 12.4 Å². The van der Waals surface area contributed by atoms with Gasteiger partial charge in [0.25, 0.3) is 0 Å². The zero-order chi connectivity index (χ0) is 14.7. The van der Waals surface area contributed by atoms with Crippen LogP contribution in [0.4, 0.5) is 17.3 Å². The molecule has 7 heteroatoms. The number of ether oxygens (including phenoxy) is 1. The largest absolute Gasteiger partial charge is 0.378 e. The lowest BCUT2D eigenvalue weighted by Crippen LogP contribution is -2.37. The van der Waals surface area contributed by atoms with Crippen molar-refractivity contribution in [3.63, 3.8) is 0 Å². The quantitative estimate of drug-likeness (QED) is 0.810. The first-order valence-electron chi connectivity index (χ1n) is 6.75. The summed E-state index contributed by atoms with van der Waals surface area (Å²) in [5.41, 5.74) is 0.945. The summed E-state index contributed by atoms with van der Waals surface area (Å²) in [6, 6.07) is 5.79. The SMILES string of the molecule is CN(c1cccnc1)c1cc(N2CCOCC2)nc(Cl)n1. The van der Waals surface area contributed by atoms with E-state index < -0.39 is 0 Å². The summed E-state index contributed by atoms with van der Waals surface area (Å²) in [5.74, 6) is 1.56. The maximum absolute atomic E-state index is 6.08. The molecule has 3 rings (SSSR count). The molecular formula is C14H16ClN5O. The molecule has 0 saturated carbocycles. The van der Waals surface area contributed by atoms with Crippen LogP contribution in [0.3, 0.4) is 0 Å². The molecule has 1 aliphatic heterocycles. The zero-order valence-electron chi connectivity index (χ0n) is 11.7. The van der Waals surface area contributed by atoms with Crippen molar-refractivity contribution in [2.45, 2.75) is 0 Å². The molecule has 1 saturated heterocycles. The Morgan fingerprint density at radius 1 is 1.29 bits per heavy atom. The predicted molar refractivity (Wildman–Crippen MR) is 82.4 cm³/mol. The van der Waals surface area contributed by atoms with Crippen LogP contribution in [0.25, 0.3) is 0 Å². The van der Waals surface area contributed by atoms with Gasteiger partial charge < -0.3 is 14.5 Å². The lowest BCUT2D eigenvalue weighted by Gasteiger charge is -2.28. The molecule has 1 fully saturated rings. The van der Waals surface area contributed by atoms with Gasteiger partial charge in [-0.25, -0.2) is 9.97 Å². The number of anilines is 3. The second-order valence-electron chi connectivity index (χ2n) is 4.72. The second-order valence-corrected chi connectivity index (χ2v) is 5.06. The molecule has 21 heavy (non-hydrogen) atoms. The third-order valence-electron chi connectivity index (χ3n) is 3.38. The van der Waals surface area contributed by atoms with Crippen LogP contribution in [-0.4, -0.2) is 48.3 Å². The van der Waals surface area contributed by atoms with Crippen LogP contribution in [0.2, 0.25) is 5.28 Å². The smallest absolute Gasteiger partial charge is 0.226 e. The van der Waals surface area contributed by atoms with Crippen LogP contribution >= 0.6 is 11.6 Å². The summed E-state index contributed by atoms with van der Waals surface area (Å²) >= 11 is 6.08. The molecule has 1 aliphatic rings. The van der Waals surface area contributed by atoms with Gasteiger partial charge >= 0.3 is 0 Å². The zero-order valence-corrected chi connectivity index (χ0v) is 12.5. The van der Waals surface area contributed by atoms with Gasteiger partial charge in [-0.2, -0.15) is 0 Å². The standard InChI is InChI=1S/C14H16ClN5O/c1-19(11-3-2-4-16-10-11)12-9-13(18-14(15)17-12)20-5-7-21-8-6-20/h2-4,9-10H,5-8H2,1H3. The summed E-state index contributed by atoms with van der Waals surface area (Å²) in [6.07, 6.45) is 3.52. The molecule has 0 aliphatic carbocycles. The Hall–Kier alpha value is -1.92. The number of aromatic nitrogens is 3. The first-order chi connectivity index (χ1) is 10.2. The van der Waals surface area contributed by atoms with E-state index in [1.807, 2.05) is 30.1 Å². The minimum Gasteiger partial charge on any atom is -0.378 e. The highest BCUT2D eigenvalue weighted by molar-refractivity contribution is 6.28. The third kappa shape index (κ3) is 3.22. The van der Waals surface area contributed by atoms with E-state index in [0.717, 1.165) is 30.4 Å². The molecule has 3 heterocycles. The van der Waals surface area contributed by atoms with Gasteiger partial charge in [-0.1, -0.05) is 0 Å². The average Bonchev–Trinajstić information content (AvgIpc) is 2.55. The number of nitrogens with zero attached hydrogens (tertiary/aromatic N) is 5. The van der Waals surface area contributed by atoms with E-state index in [1.165, 1.54) is 0 Å². The number of halogens is 1. The molecule has 0 amide bonds. The van der Waals surface area contributed by atoms with E-state index in [2.05, 4.69) is 19.9 Å². The highest BCUT2D eigenvalue weighted by atomic mass is 35.5. The van der Waals surface area contributed by atoms with Crippen molar-refractivity contribution in [2.24, 2.45) is 0 Å². The van der Waals surface area contributed by atoms with Crippen molar-refractivity contribution < 1.29 is 4.74 Å². The average molecular weight is 306 g/mol. The van der Waals surface area contributed by atoms with Gasteiger partial charge in [0.1, 0.15) is 11.6 Å². The third-order valence-corrected chi connectivity index (χ3v) is 3.55. The van der Waals surface area contributed by atoms with Crippen LogP contribution in [0.1, 0.15) is 0 Å². The Bertz CT molecular complexity index is 604. The first kappa shape index (κ1) is 14.0. The fourth-order valence-corrected chi connectivity index (χ4v) is 2.38. The van der Waals surface area contributed by atoms with Gasteiger partial charge in [0.15, 0.2) is 0 Å². The molecule has 2 aromatic heterocycles. The lowest BCUT2D eigenvalue weighted by atomic mass is 10.3. The van der Waals surface area contributed by atoms with Crippen molar-refractivity contribution in [2.75, 3.05) is 43.2 Å². The number of hydrogen-bond donors (Lipinski definition) is 0. The summed E-state index contributed by atoms with van der Waals surface area (Å²) in [7, 11) is 1.93. The normalized spacial score (nSPS) is 15.0. The number of hydrogen-bond acceptors (Lipinski definition) is 6. The minimum atomic E-state index is 0.240. The first-order valence-corrected chi connectivity index (χ1v) is 7.13. The van der Waals surface area contributed by atoms with Gasteiger partial charge in [0.2, 0.25) is 5.28 Å². The van der Waals surface area contributed by atoms with Crippen LogP contribution in [0, 0.1) is 0 Å². The maximum atomic E-state index is 6.08. The van der Waals surface area contributed by atoms with Crippen LogP contribution in [0.5, 0.6) is 0 Å². The van der Waals surface area contributed by atoms with Crippen LogP contribution < -0.4 is 9.80 Å². The monoisotopic (exact) mass is 305 g/mol. The van der Waals surface area contributed by atoms with Gasteiger partial charge in [0, 0.05) is 32.4 Å². The van der Waals surface area contributed by atoms with E-state index in [4.69, 9.17) is 16.3 Å². The van der Waals surface area contributed by atoms with Crippen molar-refractivity contribution in [1.29, 1.82) is 0 Å². The molecular weight excluding hydrogens is 290 g/mol. The van der Waals surface area contributed by atoms with E-state index in [9.17, 15) is 0 Å². The summed E-state index contributed by atoms with van der Waals surface area (Å²) in [5, 5.41) is 0.240. The Morgan fingerprint density at radius 2 is 2.10 bits per heavy atom. The Morgan fingerprint density at radius 3 is 2.81 bits per heavy atom. The Labute approximate surface area is 128 Å². The lowest BCUT2D eigenvalue weighted by molar-refractivity contribution is 0.122. The predicted octanol–water partition coefficient (Wildman–Crippen LogP) is 2.13. The fourth-order valence-electron chi connectivity index (χ4n) is 2.20. The molecule has 0 N–H and O–H groups in total. The number of rotatable bonds is 3. The Kier molecular flexibility index (Phi) is 4.17. The van der Waals surface area contributed by atoms with Gasteiger partial charge in [-0.3, -0.25) is 4.98 Å². The summed E-state index contributed by atoms with van der Waals surface area (Å²) in [4.78, 5) is 16.8. The van der Waals surface area contributed by atoms with E-state index in [0.29, 0.717) is 13.2 Å². The van der Waals surface area contributed by atoms with Crippen molar-refractivity contribution in [1.82, 2.24) is 15.0 Å². The highest BCUT2D eigenvalue weighted by Crippen LogP contribution is 2.25. The van der Waals surface area contributed by atoms with Crippen LogP contribution in [0.15, 0.2) is 30.6 Å². The van der Waals surface area contributed by atoms with Gasteiger partial charge in [-0.15, -0.1) is 0 Å². The van der Waals surface area contributed by atoms with Crippen molar-refractivity contribution in [3.05, 3.63) is 35.9 Å². The van der Waals surface area contributed by atoms with Gasteiger partial charge in [0.05, 0.1) is 25.1 Å². The molecule has 0 aromatic carbocycles. The Balaban J connectivity index is 1.90. The number of pyridine rings is 1. The molecule has 0 spiro atoms. The molecule has 2 aromatic rings.